The second-order valence-corrected chi connectivity index (χ2v) is 7.79. The molecule has 0 aliphatic heterocycles. The number of methoxy groups -OCH3 is 2. The number of aryl methyl sites for hydroxylation is 2. The second-order valence-electron chi connectivity index (χ2n) is 4.41. The van der Waals surface area contributed by atoms with E-state index in [0.717, 1.165) is 44.5 Å². The number of nitrogens with two attached hydrogens (primary N) is 1. The molecule has 0 spiro atoms. The van der Waals surface area contributed by atoms with Gasteiger partial charge in [-0.3, -0.25) is 0 Å². The Hall–Kier alpha value is -0.850. The van der Waals surface area contributed by atoms with Crippen molar-refractivity contribution in [2.75, 3.05) is 37.8 Å². The summed E-state index contributed by atoms with van der Waals surface area (Å²) in [7, 11) is 3.20. The number of hydrogen-bond acceptors (Lipinski definition) is 11. The molecule has 2 heterocycles. The van der Waals surface area contributed by atoms with Crippen LogP contribution in [0.15, 0.2) is 0 Å². The van der Waals surface area contributed by atoms with Gasteiger partial charge >= 0.3 is 0 Å². The molecule has 0 radical (unpaired) electrons. The van der Waals surface area contributed by atoms with Gasteiger partial charge in [0.15, 0.2) is 11.2 Å². The summed E-state index contributed by atoms with van der Waals surface area (Å²) in [6.45, 7) is 0.444. The minimum Gasteiger partial charge on any atom is -0.365 e. The molecule has 0 saturated carbocycles. The summed E-state index contributed by atoms with van der Waals surface area (Å²) in [5.74, 6) is 1.99. The Bertz CT molecular complexity index is 579. The first-order valence-electron chi connectivity index (χ1n) is 6.96. The smallest absolute Gasteiger partial charge is 0.207 e. The van der Waals surface area contributed by atoms with Crippen molar-refractivity contribution < 1.29 is 9.47 Å². The number of nitrogens with zero attached hydrogens (tertiary/aromatic N) is 4. The van der Waals surface area contributed by atoms with Crippen LogP contribution in [0.5, 0.6) is 0 Å². The first-order chi connectivity index (χ1) is 11.2. The van der Waals surface area contributed by atoms with E-state index in [1.54, 1.807) is 25.6 Å². The Kier molecular flexibility index (Phi) is 8.12. The van der Waals surface area contributed by atoms with Crippen molar-refractivity contribution >= 4 is 39.6 Å². The highest BCUT2D eigenvalue weighted by Crippen LogP contribution is 2.19. The zero-order valence-electron chi connectivity index (χ0n) is 13.0. The van der Waals surface area contributed by atoms with Gasteiger partial charge in [0.2, 0.25) is 5.13 Å². The van der Waals surface area contributed by atoms with Gasteiger partial charge in [-0.05, 0) is 11.5 Å². The van der Waals surface area contributed by atoms with Gasteiger partial charge in [0.25, 0.3) is 0 Å². The van der Waals surface area contributed by atoms with Gasteiger partial charge in [0.1, 0.15) is 16.7 Å². The van der Waals surface area contributed by atoms with E-state index in [2.05, 4.69) is 25.7 Å². The third kappa shape index (κ3) is 6.28. The lowest BCUT2D eigenvalue weighted by Gasteiger charge is -2.02. The molecule has 2 aromatic rings. The maximum Gasteiger partial charge on any atom is 0.207 e. The molecule has 0 aromatic carbocycles. The molecule has 2 aromatic heterocycles. The molecule has 0 amide bonds. The van der Waals surface area contributed by atoms with Gasteiger partial charge in [-0.25, -0.2) is 0 Å². The van der Waals surface area contributed by atoms with Gasteiger partial charge < -0.3 is 20.5 Å². The molecule has 0 saturated heterocycles. The monoisotopic (exact) mass is 376 g/mol. The minimum absolute atomic E-state index is 0.444. The Morgan fingerprint density at radius 1 is 1.09 bits per heavy atom. The van der Waals surface area contributed by atoms with Crippen LogP contribution in [-0.2, 0) is 22.3 Å². The number of aromatic nitrogens is 4. The van der Waals surface area contributed by atoms with Crippen LogP contribution in [-0.4, -0.2) is 52.9 Å². The van der Waals surface area contributed by atoms with Crippen LogP contribution in [0.3, 0.4) is 0 Å². The molecule has 0 aliphatic carbocycles. The fraction of sp³-hybridized carbons (Fsp3) is 0.667. The second kappa shape index (κ2) is 10.1. The van der Waals surface area contributed by atoms with E-state index in [9.17, 15) is 0 Å². The van der Waals surface area contributed by atoms with Crippen molar-refractivity contribution in [2.24, 2.45) is 5.73 Å². The lowest BCUT2D eigenvalue weighted by molar-refractivity contribution is 0.108. The molecular weight excluding hydrogens is 356 g/mol. The summed E-state index contributed by atoms with van der Waals surface area (Å²) in [6, 6.07) is 0. The normalized spacial score (nSPS) is 12.5. The molecule has 8 nitrogen and oxygen atoms in total. The predicted octanol–water partition coefficient (Wildman–Crippen LogP) is 1.53. The van der Waals surface area contributed by atoms with Gasteiger partial charge in [0, 0.05) is 27.1 Å². The van der Waals surface area contributed by atoms with Crippen LogP contribution in [0.25, 0.3) is 0 Å². The summed E-state index contributed by atoms with van der Waals surface area (Å²) in [4.78, 5) is 0. The summed E-state index contributed by atoms with van der Waals surface area (Å²) >= 11 is 4.93. The van der Waals surface area contributed by atoms with E-state index in [4.69, 9.17) is 15.2 Å². The molecule has 0 aliphatic rings. The van der Waals surface area contributed by atoms with E-state index >= 15 is 0 Å². The zero-order chi connectivity index (χ0) is 16.5. The van der Waals surface area contributed by atoms with Crippen molar-refractivity contribution in [3.8, 4) is 0 Å². The summed E-state index contributed by atoms with van der Waals surface area (Å²) in [5, 5.41) is 22.9. The van der Waals surface area contributed by atoms with Crippen molar-refractivity contribution in [3.63, 3.8) is 0 Å². The van der Waals surface area contributed by atoms with Gasteiger partial charge in [0.05, 0.1) is 0 Å². The summed E-state index contributed by atoms with van der Waals surface area (Å²) in [6.07, 6.45) is 1.31. The van der Waals surface area contributed by atoms with Crippen molar-refractivity contribution in [1.29, 1.82) is 0 Å². The van der Waals surface area contributed by atoms with E-state index in [1.807, 2.05) is 11.8 Å². The first kappa shape index (κ1) is 18.5. The van der Waals surface area contributed by atoms with Crippen LogP contribution in [0.2, 0.25) is 0 Å². The number of nitrogens with one attached hydrogen (secondary N) is 1. The molecule has 1 atom stereocenters. The lowest BCUT2D eigenvalue weighted by Crippen LogP contribution is -2.11. The van der Waals surface area contributed by atoms with Gasteiger partial charge in [-0.2, -0.15) is 11.8 Å². The topological polar surface area (TPSA) is 108 Å². The van der Waals surface area contributed by atoms with E-state index in [1.165, 1.54) is 11.3 Å². The van der Waals surface area contributed by atoms with E-state index < -0.39 is 6.23 Å². The number of hydrogen-bond donors (Lipinski definition) is 2. The van der Waals surface area contributed by atoms with Crippen molar-refractivity contribution in [2.45, 2.75) is 19.1 Å². The van der Waals surface area contributed by atoms with Gasteiger partial charge in [-0.1, -0.05) is 22.7 Å². The number of ether oxygens (including phenoxy) is 2. The van der Waals surface area contributed by atoms with Crippen LogP contribution >= 0.6 is 34.4 Å². The summed E-state index contributed by atoms with van der Waals surface area (Å²) in [5.41, 5.74) is 5.74. The van der Waals surface area contributed by atoms with E-state index in [0.29, 0.717) is 6.73 Å². The Labute approximate surface area is 147 Å². The number of rotatable bonds is 11. The highest BCUT2D eigenvalue weighted by Gasteiger charge is 2.11. The zero-order valence-corrected chi connectivity index (χ0v) is 15.5. The first-order valence-corrected chi connectivity index (χ1v) is 9.75. The summed E-state index contributed by atoms with van der Waals surface area (Å²) < 4.78 is 9.96. The van der Waals surface area contributed by atoms with Crippen LogP contribution < -0.4 is 11.1 Å². The van der Waals surface area contributed by atoms with Crippen molar-refractivity contribution in [3.05, 3.63) is 15.0 Å². The average molecular weight is 377 g/mol. The minimum atomic E-state index is -0.479. The van der Waals surface area contributed by atoms with E-state index in [-0.39, 0.29) is 0 Å². The standard InChI is InChI=1S/C12H20N6O2S3/c1-19-7-14-12-18-16-9(23-12)4-6-21-5-3-8-15-17-11(22-8)10(13)20-2/h10H,3-7,13H2,1-2H3,(H,14,18). The van der Waals surface area contributed by atoms with Crippen LogP contribution in [0, 0.1) is 0 Å². The Balaban J connectivity index is 1.62. The third-order valence-electron chi connectivity index (χ3n) is 2.73. The maximum absolute atomic E-state index is 5.74. The van der Waals surface area contributed by atoms with Crippen LogP contribution in [0.4, 0.5) is 5.13 Å². The molecule has 23 heavy (non-hydrogen) atoms. The van der Waals surface area contributed by atoms with Gasteiger partial charge in [-0.15, -0.1) is 20.4 Å². The molecule has 0 fully saturated rings. The SMILES string of the molecule is COCNc1nnc(CCSCCc2nnc(C(N)OC)s2)s1. The fourth-order valence-electron chi connectivity index (χ4n) is 1.56. The largest absolute Gasteiger partial charge is 0.365 e. The fourth-order valence-corrected chi connectivity index (χ4v) is 4.25. The molecular formula is C12H20N6O2S3. The van der Waals surface area contributed by atoms with Crippen LogP contribution in [0.1, 0.15) is 21.3 Å². The lowest BCUT2D eigenvalue weighted by atomic mass is 10.5. The molecule has 1 unspecified atom stereocenters. The highest BCUT2D eigenvalue weighted by atomic mass is 32.2. The number of thioether (sulfide) groups is 1. The molecule has 11 heteroatoms. The molecule has 128 valence electrons. The number of anilines is 1. The Morgan fingerprint density at radius 2 is 1.78 bits per heavy atom. The molecule has 0 bridgehead atoms. The quantitative estimate of drug-likeness (QED) is 0.446. The molecule has 2 rings (SSSR count). The predicted molar refractivity (Wildman–Crippen MR) is 94.0 cm³/mol. The average Bonchev–Trinajstić information content (AvgIpc) is 3.21. The third-order valence-corrected chi connectivity index (χ3v) is 5.71. The Morgan fingerprint density at radius 3 is 2.48 bits per heavy atom. The van der Waals surface area contributed by atoms with Crippen molar-refractivity contribution in [1.82, 2.24) is 20.4 Å². The molecule has 3 N–H and O–H groups in total. The maximum atomic E-state index is 5.74. The highest BCUT2D eigenvalue weighted by molar-refractivity contribution is 7.99.